The maximum atomic E-state index is 12.7. The molecule has 2 atom stereocenters. The van der Waals surface area contributed by atoms with Gasteiger partial charge in [0.25, 0.3) is 0 Å². The van der Waals surface area contributed by atoms with Gasteiger partial charge in [-0.05, 0) is 37.7 Å². The summed E-state index contributed by atoms with van der Waals surface area (Å²) in [5, 5.41) is 1.83. The minimum absolute atomic E-state index is 0.0113. The molecular weight excluding hydrogens is 473 g/mol. The Hall–Kier alpha value is -1.41. The van der Waals surface area contributed by atoms with Gasteiger partial charge in [-0.1, -0.05) is 17.9 Å². The maximum Gasteiger partial charge on any atom is 0.306 e. The summed E-state index contributed by atoms with van der Waals surface area (Å²) >= 11 is 7.81. The number of rotatable bonds is 12. The number of fused-ring (bicyclic) bond motifs is 1. The number of nitrogens with zero attached hydrogens (tertiary/aromatic N) is 1. The number of thioether (sulfide) groups is 1. The van der Waals surface area contributed by atoms with Crippen LogP contribution in [0.15, 0.2) is 28.8 Å². The predicted octanol–water partition coefficient (Wildman–Crippen LogP) is 4.21. The van der Waals surface area contributed by atoms with Crippen LogP contribution in [0.4, 0.5) is 0 Å². The lowest BCUT2D eigenvalue weighted by Gasteiger charge is -2.50. The van der Waals surface area contributed by atoms with Crippen LogP contribution in [-0.2, 0) is 30.9 Å². The van der Waals surface area contributed by atoms with E-state index < -0.39 is 0 Å². The van der Waals surface area contributed by atoms with Crippen molar-refractivity contribution >= 4 is 65.7 Å². The number of Topliss-reactive ketones (excluding diaryl/α,β-unsaturated/α-hetero) is 2. The normalized spacial score (nSPS) is 20.4. The number of allylic oxidation sites excluding steroid dienone is 1. The number of hydrogen-bond acceptors (Lipinski definition) is 8. The first kappa shape index (κ1) is 24.2. The average Bonchev–Trinajstić information content (AvgIpc) is 3.29. The Morgan fingerprint density at radius 2 is 2.10 bits per heavy atom. The number of hydrogen-bond donors (Lipinski definition) is 0. The Balaban J connectivity index is 1.44. The SMILES string of the molecule is CC1=C(COC(=O)CCCC(=O)CCP=S)CSC2C(CC(=O)c3cccs3)C(=O)N12. The monoisotopic (exact) mass is 497 g/mol. The van der Waals surface area contributed by atoms with E-state index in [9.17, 15) is 19.2 Å². The molecule has 1 saturated heterocycles. The van der Waals surface area contributed by atoms with Crippen molar-refractivity contribution in [1.29, 1.82) is 0 Å². The second-order valence-corrected chi connectivity index (χ2v) is 11.0. The van der Waals surface area contributed by atoms with Crippen LogP contribution in [0.2, 0.25) is 0 Å². The van der Waals surface area contributed by atoms with Crippen molar-refractivity contribution in [3.05, 3.63) is 33.7 Å². The number of amides is 1. The van der Waals surface area contributed by atoms with E-state index in [0.717, 1.165) is 18.6 Å². The molecule has 2 unspecified atom stereocenters. The van der Waals surface area contributed by atoms with Crippen molar-refractivity contribution < 1.29 is 23.9 Å². The van der Waals surface area contributed by atoms with Crippen molar-refractivity contribution in [2.75, 3.05) is 18.5 Å². The van der Waals surface area contributed by atoms with E-state index in [2.05, 4.69) is 0 Å². The summed E-state index contributed by atoms with van der Waals surface area (Å²) in [5.74, 6) is 0.127. The lowest BCUT2D eigenvalue weighted by atomic mass is 9.90. The van der Waals surface area contributed by atoms with Gasteiger partial charge in [0.2, 0.25) is 5.91 Å². The van der Waals surface area contributed by atoms with Crippen molar-refractivity contribution in [2.24, 2.45) is 5.92 Å². The first-order valence-electron chi connectivity index (χ1n) is 10.1. The van der Waals surface area contributed by atoms with Gasteiger partial charge >= 0.3 is 5.97 Å². The number of esters is 1. The smallest absolute Gasteiger partial charge is 0.306 e. The predicted molar refractivity (Wildman–Crippen MR) is 126 cm³/mol. The molecule has 0 aliphatic carbocycles. The van der Waals surface area contributed by atoms with E-state index >= 15 is 0 Å². The molecule has 0 aromatic carbocycles. The number of carbonyl (C=O) groups excluding carboxylic acids is 4. The summed E-state index contributed by atoms with van der Waals surface area (Å²) in [7, 11) is 0.791. The summed E-state index contributed by atoms with van der Waals surface area (Å²) in [5.41, 5.74) is 1.73. The average molecular weight is 498 g/mol. The maximum absolute atomic E-state index is 12.7. The van der Waals surface area contributed by atoms with E-state index in [-0.39, 0.29) is 54.2 Å². The summed E-state index contributed by atoms with van der Waals surface area (Å²) in [6, 6.07) is 3.62. The van der Waals surface area contributed by atoms with E-state index in [1.807, 2.05) is 18.4 Å². The molecule has 0 radical (unpaired) electrons. The van der Waals surface area contributed by atoms with Crippen molar-refractivity contribution in [2.45, 2.75) is 44.4 Å². The fourth-order valence-corrected chi connectivity index (χ4v) is 6.38. The van der Waals surface area contributed by atoms with Gasteiger partial charge in [-0.2, -0.15) is 0 Å². The largest absolute Gasteiger partial charge is 0.461 e. The Morgan fingerprint density at radius 3 is 2.81 bits per heavy atom. The van der Waals surface area contributed by atoms with Gasteiger partial charge in [-0.3, -0.25) is 19.2 Å². The van der Waals surface area contributed by atoms with Gasteiger partial charge < -0.3 is 9.64 Å². The van der Waals surface area contributed by atoms with Crippen LogP contribution in [-0.4, -0.2) is 52.2 Å². The molecule has 166 valence electrons. The van der Waals surface area contributed by atoms with Gasteiger partial charge in [-0.25, -0.2) is 0 Å². The second kappa shape index (κ2) is 11.5. The number of ketones is 2. The summed E-state index contributed by atoms with van der Waals surface area (Å²) < 4.78 is 5.37. The highest BCUT2D eigenvalue weighted by Gasteiger charge is 2.51. The van der Waals surface area contributed by atoms with E-state index in [0.29, 0.717) is 36.1 Å². The Morgan fingerprint density at radius 1 is 1.29 bits per heavy atom. The molecule has 2 aliphatic heterocycles. The topological polar surface area (TPSA) is 80.8 Å². The molecule has 0 bridgehead atoms. The Labute approximate surface area is 196 Å². The molecular formula is C21H24NO5PS3. The minimum atomic E-state index is -0.337. The van der Waals surface area contributed by atoms with Crippen LogP contribution >= 0.6 is 30.5 Å². The van der Waals surface area contributed by atoms with Crippen LogP contribution in [0.5, 0.6) is 0 Å². The number of carbonyl (C=O) groups is 4. The zero-order valence-corrected chi connectivity index (χ0v) is 20.5. The third-order valence-electron chi connectivity index (χ3n) is 5.38. The molecule has 31 heavy (non-hydrogen) atoms. The standard InChI is InChI=1S/C21H24NO5PS3/c1-13-14(11-27-19(25)6-2-4-15(23)7-8-28-29)12-31-21-16(20(26)22(13)21)10-17(24)18-5-3-9-30-18/h3,5,9,16,21H,2,4,6-8,10-12H2,1H3. The molecule has 3 heterocycles. The molecule has 1 aromatic heterocycles. The number of β-lactam (4-membered cyclic amide) rings is 1. The molecule has 1 amide bonds. The summed E-state index contributed by atoms with van der Waals surface area (Å²) in [6.07, 6.45) is 2.43. The number of thiophene rings is 1. The van der Waals surface area contributed by atoms with Crippen LogP contribution in [0.3, 0.4) is 0 Å². The van der Waals surface area contributed by atoms with Crippen molar-refractivity contribution in [3.8, 4) is 0 Å². The second-order valence-electron chi connectivity index (χ2n) is 7.47. The van der Waals surface area contributed by atoms with Gasteiger partial charge in [-0.15, -0.1) is 23.1 Å². The zero-order chi connectivity index (χ0) is 22.4. The highest BCUT2D eigenvalue weighted by atomic mass is 32.4. The molecule has 0 saturated carbocycles. The molecule has 3 rings (SSSR count). The first-order chi connectivity index (χ1) is 14.9. The van der Waals surface area contributed by atoms with Crippen LogP contribution in [0.25, 0.3) is 0 Å². The van der Waals surface area contributed by atoms with Crippen LogP contribution in [0.1, 0.15) is 48.7 Å². The Kier molecular flexibility index (Phi) is 8.95. The zero-order valence-electron chi connectivity index (χ0n) is 17.2. The third-order valence-corrected chi connectivity index (χ3v) is 8.64. The van der Waals surface area contributed by atoms with E-state index in [1.54, 1.807) is 22.7 Å². The molecule has 1 fully saturated rings. The molecule has 1 aromatic rings. The molecule has 0 spiro atoms. The van der Waals surface area contributed by atoms with Crippen LogP contribution < -0.4 is 0 Å². The van der Waals surface area contributed by atoms with Gasteiger partial charge in [0.1, 0.15) is 12.4 Å². The van der Waals surface area contributed by atoms with E-state index in [1.165, 1.54) is 11.3 Å². The van der Waals surface area contributed by atoms with Gasteiger partial charge in [0.15, 0.2) is 5.78 Å². The molecule has 6 nitrogen and oxygen atoms in total. The molecule has 10 heteroatoms. The lowest BCUT2D eigenvalue weighted by Crippen LogP contribution is -2.60. The molecule has 0 N–H and O–H groups in total. The van der Waals surface area contributed by atoms with Gasteiger partial charge in [0, 0.05) is 43.3 Å². The fraction of sp³-hybridized carbons (Fsp3) is 0.524. The first-order valence-corrected chi connectivity index (χ1v) is 14.1. The summed E-state index contributed by atoms with van der Waals surface area (Å²) in [4.78, 5) is 51.1. The van der Waals surface area contributed by atoms with Crippen LogP contribution in [0, 0.1) is 5.92 Å². The highest BCUT2D eigenvalue weighted by Crippen LogP contribution is 2.45. The van der Waals surface area contributed by atoms with Gasteiger partial charge in [0.05, 0.1) is 16.2 Å². The minimum Gasteiger partial charge on any atom is -0.461 e. The third kappa shape index (κ3) is 6.09. The number of ether oxygens (including phenoxy) is 1. The van der Waals surface area contributed by atoms with E-state index in [4.69, 9.17) is 16.5 Å². The highest BCUT2D eigenvalue weighted by molar-refractivity contribution is 8.00. The van der Waals surface area contributed by atoms with Crippen molar-refractivity contribution in [3.63, 3.8) is 0 Å². The molecule has 2 aliphatic rings. The fourth-order valence-electron chi connectivity index (χ4n) is 3.57. The Bertz CT molecular complexity index is 899. The quantitative estimate of drug-likeness (QED) is 0.185. The summed E-state index contributed by atoms with van der Waals surface area (Å²) in [6.45, 7) is 2.01. The lowest BCUT2D eigenvalue weighted by molar-refractivity contribution is -0.146. The van der Waals surface area contributed by atoms with Crippen molar-refractivity contribution in [1.82, 2.24) is 4.90 Å².